The van der Waals surface area contributed by atoms with E-state index in [1.807, 2.05) is 47.3 Å². The second kappa shape index (κ2) is 7.68. The molecule has 0 aliphatic rings. The van der Waals surface area contributed by atoms with E-state index in [1.165, 1.54) is 17.3 Å². The van der Waals surface area contributed by atoms with Crippen LogP contribution < -0.4 is 5.32 Å². The van der Waals surface area contributed by atoms with Crippen LogP contribution in [0.1, 0.15) is 17.4 Å². The minimum absolute atomic E-state index is 0.0205. The van der Waals surface area contributed by atoms with Gasteiger partial charge in [0.15, 0.2) is 5.16 Å². The van der Waals surface area contributed by atoms with Gasteiger partial charge in [0.05, 0.1) is 11.8 Å². The summed E-state index contributed by atoms with van der Waals surface area (Å²) in [5, 5.41) is 5.60. The molecule has 1 unspecified atom stereocenters. The van der Waals surface area contributed by atoms with E-state index in [9.17, 15) is 4.79 Å². The highest BCUT2D eigenvalue weighted by molar-refractivity contribution is 8.00. The van der Waals surface area contributed by atoms with Gasteiger partial charge in [-0.1, -0.05) is 30.0 Å². The van der Waals surface area contributed by atoms with E-state index in [0.29, 0.717) is 6.54 Å². The molecule has 1 aromatic carbocycles. The first-order valence-corrected chi connectivity index (χ1v) is 9.46. The molecular formula is C18H19N3OS2. The number of thiophene rings is 1. The van der Waals surface area contributed by atoms with E-state index >= 15 is 0 Å². The van der Waals surface area contributed by atoms with Crippen LogP contribution in [0.25, 0.3) is 5.69 Å². The lowest BCUT2D eigenvalue weighted by Crippen LogP contribution is -2.30. The zero-order valence-electron chi connectivity index (χ0n) is 13.6. The summed E-state index contributed by atoms with van der Waals surface area (Å²) in [4.78, 5) is 17.9. The summed E-state index contributed by atoms with van der Waals surface area (Å²) in [5.41, 5.74) is 2.25. The van der Waals surface area contributed by atoms with Crippen molar-refractivity contribution in [1.82, 2.24) is 14.9 Å². The van der Waals surface area contributed by atoms with Crippen molar-refractivity contribution in [2.45, 2.75) is 30.8 Å². The van der Waals surface area contributed by atoms with Crippen LogP contribution in [-0.4, -0.2) is 20.7 Å². The zero-order valence-corrected chi connectivity index (χ0v) is 15.2. The van der Waals surface area contributed by atoms with Gasteiger partial charge in [0.1, 0.15) is 0 Å². The van der Waals surface area contributed by atoms with Gasteiger partial charge in [0, 0.05) is 23.0 Å². The van der Waals surface area contributed by atoms with Gasteiger partial charge >= 0.3 is 0 Å². The number of aromatic nitrogens is 2. The number of aryl methyl sites for hydroxylation is 1. The molecule has 1 atom stereocenters. The van der Waals surface area contributed by atoms with Crippen molar-refractivity contribution in [2.24, 2.45) is 0 Å². The molecule has 0 fully saturated rings. The van der Waals surface area contributed by atoms with Crippen molar-refractivity contribution in [3.63, 3.8) is 0 Å². The fraction of sp³-hybridized carbons (Fsp3) is 0.222. The standard InChI is InChI=1S/C18H19N3OS2/c1-13-5-3-6-15(11-13)21-9-8-19-18(21)24-14(2)17(22)20-12-16-7-4-10-23-16/h3-11,14H,12H2,1-2H3,(H,20,22). The maximum Gasteiger partial charge on any atom is 0.233 e. The first-order valence-electron chi connectivity index (χ1n) is 7.70. The molecule has 24 heavy (non-hydrogen) atoms. The highest BCUT2D eigenvalue weighted by Crippen LogP contribution is 2.25. The van der Waals surface area contributed by atoms with E-state index in [-0.39, 0.29) is 11.2 Å². The summed E-state index contributed by atoms with van der Waals surface area (Å²) in [7, 11) is 0. The average molecular weight is 358 g/mol. The first-order chi connectivity index (χ1) is 11.6. The molecule has 6 heteroatoms. The van der Waals surface area contributed by atoms with Crippen LogP contribution in [0.2, 0.25) is 0 Å². The Morgan fingerprint density at radius 2 is 2.25 bits per heavy atom. The van der Waals surface area contributed by atoms with Gasteiger partial charge in [-0.2, -0.15) is 0 Å². The Hall–Kier alpha value is -2.05. The van der Waals surface area contributed by atoms with Gasteiger partial charge in [0.25, 0.3) is 0 Å². The molecule has 3 rings (SSSR count). The number of benzene rings is 1. The summed E-state index contributed by atoms with van der Waals surface area (Å²) in [5.74, 6) is 0.0205. The predicted octanol–water partition coefficient (Wildman–Crippen LogP) is 4.04. The number of hydrogen-bond acceptors (Lipinski definition) is 4. The van der Waals surface area contributed by atoms with Crippen molar-refractivity contribution in [3.8, 4) is 5.69 Å². The molecular weight excluding hydrogens is 338 g/mol. The van der Waals surface area contributed by atoms with Crippen molar-refractivity contribution < 1.29 is 4.79 Å². The molecule has 2 aromatic heterocycles. The molecule has 3 aromatic rings. The Balaban J connectivity index is 1.65. The third-order valence-electron chi connectivity index (χ3n) is 3.55. The third kappa shape index (κ3) is 4.07. The molecule has 0 aliphatic carbocycles. The lowest BCUT2D eigenvalue weighted by Gasteiger charge is -2.13. The molecule has 0 saturated heterocycles. The monoisotopic (exact) mass is 357 g/mol. The highest BCUT2D eigenvalue weighted by Gasteiger charge is 2.17. The number of rotatable bonds is 6. The Kier molecular flexibility index (Phi) is 5.37. The summed E-state index contributed by atoms with van der Waals surface area (Å²) in [6.45, 7) is 4.55. The fourth-order valence-electron chi connectivity index (χ4n) is 2.29. The summed E-state index contributed by atoms with van der Waals surface area (Å²) < 4.78 is 2.01. The van der Waals surface area contributed by atoms with Gasteiger partial charge in [-0.25, -0.2) is 4.98 Å². The number of imidazole rings is 1. The predicted molar refractivity (Wildman–Crippen MR) is 99.8 cm³/mol. The van der Waals surface area contributed by atoms with Gasteiger partial charge in [-0.3, -0.25) is 9.36 Å². The molecule has 0 saturated carbocycles. The van der Waals surface area contributed by atoms with E-state index in [4.69, 9.17) is 0 Å². The minimum Gasteiger partial charge on any atom is -0.350 e. The van der Waals surface area contributed by atoms with Gasteiger partial charge in [-0.05, 0) is 43.0 Å². The van der Waals surface area contributed by atoms with E-state index in [0.717, 1.165) is 15.7 Å². The molecule has 4 nitrogen and oxygen atoms in total. The molecule has 1 N–H and O–H groups in total. The van der Waals surface area contributed by atoms with Crippen LogP contribution in [0.15, 0.2) is 59.3 Å². The second-order valence-corrected chi connectivity index (χ2v) is 7.82. The molecule has 0 radical (unpaired) electrons. The molecule has 1 amide bonds. The maximum absolute atomic E-state index is 12.3. The van der Waals surface area contributed by atoms with Gasteiger partial charge < -0.3 is 5.32 Å². The summed E-state index contributed by atoms with van der Waals surface area (Å²) >= 11 is 3.11. The Labute approximate surface area is 149 Å². The smallest absolute Gasteiger partial charge is 0.233 e. The second-order valence-electron chi connectivity index (χ2n) is 5.48. The van der Waals surface area contributed by atoms with Crippen LogP contribution in [0.4, 0.5) is 0 Å². The molecule has 2 heterocycles. The molecule has 0 aliphatic heterocycles. The number of nitrogens with zero attached hydrogens (tertiary/aromatic N) is 2. The Morgan fingerprint density at radius 3 is 3.00 bits per heavy atom. The number of carbonyl (C=O) groups excluding carboxylic acids is 1. The number of hydrogen-bond donors (Lipinski definition) is 1. The molecule has 124 valence electrons. The quantitative estimate of drug-likeness (QED) is 0.677. The van der Waals surface area contributed by atoms with Crippen LogP contribution in [-0.2, 0) is 11.3 Å². The average Bonchev–Trinajstić information content (AvgIpc) is 3.24. The number of thioether (sulfide) groups is 1. The Bertz CT molecular complexity index is 811. The van der Waals surface area contributed by atoms with Crippen molar-refractivity contribution in [2.75, 3.05) is 0 Å². The zero-order chi connectivity index (χ0) is 16.9. The van der Waals surface area contributed by atoms with E-state index < -0.39 is 0 Å². The SMILES string of the molecule is Cc1cccc(-n2ccnc2SC(C)C(=O)NCc2cccs2)c1. The normalized spacial score (nSPS) is 12.1. The van der Waals surface area contributed by atoms with Gasteiger partial charge in [-0.15, -0.1) is 11.3 Å². The molecule has 0 spiro atoms. The van der Waals surface area contributed by atoms with Crippen molar-refractivity contribution in [1.29, 1.82) is 0 Å². The van der Waals surface area contributed by atoms with Gasteiger partial charge in [0.2, 0.25) is 5.91 Å². The van der Waals surface area contributed by atoms with E-state index in [2.05, 4.69) is 29.4 Å². The van der Waals surface area contributed by atoms with Crippen molar-refractivity contribution in [3.05, 3.63) is 64.6 Å². The number of carbonyl (C=O) groups is 1. The van der Waals surface area contributed by atoms with Crippen LogP contribution in [0, 0.1) is 6.92 Å². The van der Waals surface area contributed by atoms with Crippen molar-refractivity contribution >= 4 is 29.0 Å². The van der Waals surface area contributed by atoms with E-state index in [1.54, 1.807) is 17.5 Å². The minimum atomic E-state index is -0.212. The first kappa shape index (κ1) is 16.8. The topological polar surface area (TPSA) is 46.9 Å². The highest BCUT2D eigenvalue weighted by atomic mass is 32.2. The van der Waals surface area contributed by atoms with Crippen LogP contribution >= 0.6 is 23.1 Å². The van der Waals surface area contributed by atoms with Crippen LogP contribution in [0.3, 0.4) is 0 Å². The molecule has 0 bridgehead atoms. The number of amides is 1. The summed E-state index contributed by atoms with van der Waals surface area (Å²) in [6.07, 6.45) is 3.69. The largest absolute Gasteiger partial charge is 0.350 e. The Morgan fingerprint density at radius 1 is 1.38 bits per heavy atom. The third-order valence-corrected chi connectivity index (χ3v) is 5.51. The lowest BCUT2D eigenvalue weighted by molar-refractivity contribution is -0.120. The fourth-order valence-corrected chi connectivity index (χ4v) is 3.85. The number of nitrogens with one attached hydrogen (secondary N) is 1. The van der Waals surface area contributed by atoms with Crippen LogP contribution in [0.5, 0.6) is 0 Å². The maximum atomic E-state index is 12.3. The summed E-state index contributed by atoms with van der Waals surface area (Å²) in [6, 6.07) is 12.2. The lowest BCUT2D eigenvalue weighted by atomic mass is 10.2.